The number of ether oxygens (including phenoxy) is 4. The van der Waals surface area contributed by atoms with Crippen molar-refractivity contribution in [3.8, 4) is 17.2 Å². The summed E-state index contributed by atoms with van der Waals surface area (Å²) in [6.45, 7) is 0. The van der Waals surface area contributed by atoms with Gasteiger partial charge in [0.05, 0.1) is 28.4 Å². The Morgan fingerprint density at radius 1 is 0.950 bits per heavy atom. The van der Waals surface area contributed by atoms with Gasteiger partial charge in [0.25, 0.3) is 0 Å². The van der Waals surface area contributed by atoms with E-state index in [4.69, 9.17) is 18.9 Å². The highest BCUT2D eigenvalue weighted by atomic mass is 16.5. The third-order valence-corrected chi connectivity index (χ3v) is 3.22. The molecule has 5 nitrogen and oxygen atoms in total. The van der Waals surface area contributed by atoms with Crippen LogP contribution in [0.2, 0.25) is 0 Å². The van der Waals surface area contributed by atoms with Crippen LogP contribution in [0.25, 0.3) is 6.08 Å². The van der Waals surface area contributed by atoms with Gasteiger partial charge in [0, 0.05) is 5.56 Å². The zero-order chi connectivity index (χ0) is 14.7. The molecule has 0 aliphatic heterocycles. The minimum absolute atomic E-state index is 0.434. The number of hydrogen-bond donors (Lipinski definition) is 1. The second-order valence-electron chi connectivity index (χ2n) is 4.18. The Labute approximate surface area is 118 Å². The van der Waals surface area contributed by atoms with Gasteiger partial charge in [-0.05, 0) is 17.7 Å². The number of fused-ring (bicyclic) bond motifs is 1. The summed E-state index contributed by atoms with van der Waals surface area (Å²) >= 11 is 0. The van der Waals surface area contributed by atoms with E-state index in [-0.39, 0.29) is 0 Å². The molecule has 1 unspecified atom stereocenters. The number of hydrogen-bond acceptors (Lipinski definition) is 5. The Kier molecular flexibility index (Phi) is 4.20. The maximum absolute atomic E-state index is 10.5. The molecular formula is C15H18O5. The lowest BCUT2D eigenvalue weighted by Gasteiger charge is -2.21. The van der Waals surface area contributed by atoms with Crippen LogP contribution in [0.5, 0.6) is 17.2 Å². The summed E-state index contributed by atoms with van der Waals surface area (Å²) in [6.07, 6.45) is 4.44. The molecule has 20 heavy (non-hydrogen) atoms. The minimum atomic E-state index is -0.931. The summed E-state index contributed by atoms with van der Waals surface area (Å²) < 4.78 is 21.3. The molecule has 1 aliphatic rings. The average molecular weight is 278 g/mol. The van der Waals surface area contributed by atoms with E-state index in [1.54, 1.807) is 25.3 Å². The second-order valence-corrected chi connectivity index (χ2v) is 4.18. The second kappa shape index (κ2) is 5.88. The van der Waals surface area contributed by atoms with Crippen LogP contribution >= 0.6 is 0 Å². The van der Waals surface area contributed by atoms with E-state index in [1.165, 1.54) is 21.3 Å². The van der Waals surface area contributed by atoms with E-state index in [0.29, 0.717) is 28.6 Å². The van der Waals surface area contributed by atoms with Crippen molar-refractivity contribution in [3.05, 3.63) is 35.1 Å². The number of methoxy groups -OCH3 is 4. The lowest BCUT2D eigenvalue weighted by atomic mass is 9.99. The fraction of sp³-hybridized carbons (Fsp3) is 0.333. The van der Waals surface area contributed by atoms with Gasteiger partial charge in [-0.25, -0.2) is 0 Å². The number of allylic oxidation sites excluding steroid dienone is 2. The molecule has 0 spiro atoms. The molecule has 0 aromatic heterocycles. The third kappa shape index (κ3) is 2.20. The Hall–Kier alpha value is -2.14. The number of rotatable bonds is 4. The summed E-state index contributed by atoms with van der Waals surface area (Å²) in [5.74, 6) is 1.86. The van der Waals surface area contributed by atoms with Crippen molar-refractivity contribution >= 4 is 6.08 Å². The minimum Gasteiger partial charge on any atom is -0.498 e. The van der Waals surface area contributed by atoms with Crippen LogP contribution in [0.4, 0.5) is 0 Å². The number of aliphatic hydroxyl groups is 1. The van der Waals surface area contributed by atoms with E-state index < -0.39 is 6.10 Å². The van der Waals surface area contributed by atoms with Crippen molar-refractivity contribution in [1.29, 1.82) is 0 Å². The molecule has 0 bridgehead atoms. The van der Waals surface area contributed by atoms with E-state index in [1.807, 2.05) is 6.08 Å². The normalized spacial score (nSPS) is 16.9. The Morgan fingerprint density at radius 3 is 2.20 bits per heavy atom. The lowest BCUT2D eigenvalue weighted by Crippen LogP contribution is -2.08. The van der Waals surface area contributed by atoms with Gasteiger partial charge in [0.15, 0.2) is 11.5 Å². The molecule has 1 atom stereocenters. The summed E-state index contributed by atoms with van der Waals surface area (Å²) in [4.78, 5) is 0. The van der Waals surface area contributed by atoms with Gasteiger partial charge in [-0.1, -0.05) is 12.2 Å². The number of benzene rings is 1. The highest BCUT2D eigenvalue weighted by molar-refractivity contribution is 5.70. The lowest BCUT2D eigenvalue weighted by molar-refractivity contribution is 0.126. The average Bonchev–Trinajstić information content (AvgIpc) is 2.64. The van der Waals surface area contributed by atoms with Crippen LogP contribution in [0.15, 0.2) is 24.0 Å². The molecule has 0 fully saturated rings. The van der Waals surface area contributed by atoms with Crippen molar-refractivity contribution < 1.29 is 24.1 Å². The Bertz CT molecular complexity index is 560. The van der Waals surface area contributed by atoms with Gasteiger partial charge in [-0.15, -0.1) is 0 Å². The van der Waals surface area contributed by atoms with E-state index >= 15 is 0 Å². The van der Waals surface area contributed by atoms with Crippen molar-refractivity contribution in [2.75, 3.05) is 28.4 Å². The van der Waals surface area contributed by atoms with Crippen LogP contribution in [0.3, 0.4) is 0 Å². The van der Waals surface area contributed by atoms with E-state index in [2.05, 4.69) is 0 Å². The molecular weight excluding hydrogens is 260 g/mol. The first kappa shape index (κ1) is 14.3. The van der Waals surface area contributed by atoms with Gasteiger partial charge in [-0.2, -0.15) is 0 Å². The quantitative estimate of drug-likeness (QED) is 0.916. The van der Waals surface area contributed by atoms with E-state index in [9.17, 15) is 5.11 Å². The van der Waals surface area contributed by atoms with Crippen LogP contribution in [-0.4, -0.2) is 33.5 Å². The molecule has 0 heterocycles. The monoisotopic (exact) mass is 278 g/mol. The fourth-order valence-corrected chi connectivity index (χ4v) is 2.28. The van der Waals surface area contributed by atoms with Gasteiger partial charge in [-0.3, -0.25) is 0 Å². The highest BCUT2D eigenvalue weighted by Gasteiger charge is 2.28. The van der Waals surface area contributed by atoms with Gasteiger partial charge >= 0.3 is 0 Å². The van der Waals surface area contributed by atoms with Crippen molar-refractivity contribution in [1.82, 2.24) is 0 Å². The summed E-state index contributed by atoms with van der Waals surface area (Å²) in [5.41, 5.74) is 1.38. The standard InChI is InChI=1S/C15H18O5/c1-17-10-7-5-6-9-8-11(18-2)14(19-3)15(20-4)12(9)13(10)16/h5-8,13,16H,1-4H3. The SMILES string of the molecule is COC1=CC=Cc2cc(OC)c(OC)c(OC)c2C1O. The summed E-state index contributed by atoms with van der Waals surface area (Å²) in [7, 11) is 6.12. The maximum atomic E-state index is 10.5. The molecule has 1 aromatic carbocycles. The molecule has 0 amide bonds. The third-order valence-electron chi connectivity index (χ3n) is 3.22. The van der Waals surface area contributed by atoms with Crippen LogP contribution in [0.1, 0.15) is 17.2 Å². The first-order chi connectivity index (χ1) is 9.67. The zero-order valence-corrected chi connectivity index (χ0v) is 12.0. The molecule has 5 heteroatoms. The smallest absolute Gasteiger partial charge is 0.203 e. The van der Waals surface area contributed by atoms with Crippen LogP contribution in [0, 0.1) is 0 Å². The summed E-state index contributed by atoms with van der Waals surface area (Å²) in [5, 5.41) is 10.5. The largest absolute Gasteiger partial charge is 0.498 e. The predicted octanol–water partition coefficient (Wildman–Crippen LogP) is 2.30. The molecule has 108 valence electrons. The van der Waals surface area contributed by atoms with Crippen molar-refractivity contribution in [3.63, 3.8) is 0 Å². The first-order valence-corrected chi connectivity index (χ1v) is 6.11. The Balaban J connectivity index is 2.72. The Morgan fingerprint density at radius 2 is 1.65 bits per heavy atom. The van der Waals surface area contributed by atoms with Gasteiger partial charge in [0.2, 0.25) is 5.75 Å². The van der Waals surface area contributed by atoms with Crippen molar-refractivity contribution in [2.24, 2.45) is 0 Å². The molecule has 1 N–H and O–H groups in total. The molecule has 0 saturated carbocycles. The molecule has 1 aromatic rings. The number of aliphatic hydroxyl groups excluding tert-OH is 1. The molecule has 0 radical (unpaired) electrons. The molecule has 0 saturated heterocycles. The fourth-order valence-electron chi connectivity index (χ4n) is 2.28. The summed E-state index contributed by atoms with van der Waals surface area (Å²) in [6, 6.07) is 1.79. The van der Waals surface area contributed by atoms with Gasteiger partial charge in [0.1, 0.15) is 11.9 Å². The first-order valence-electron chi connectivity index (χ1n) is 6.11. The maximum Gasteiger partial charge on any atom is 0.203 e. The molecule has 1 aliphatic carbocycles. The van der Waals surface area contributed by atoms with Crippen LogP contribution < -0.4 is 14.2 Å². The highest BCUT2D eigenvalue weighted by Crippen LogP contribution is 2.46. The zero-order valence-electron chi connectivity index (χ0n) is 12.0. The van der Waals surface area contributed by atoms with Crippen LogP contribution in [-0.2, 0) is 4.74 Å². The predicted molar refractivity (Wildman–Crippen MR) is 75.2 cm³/mol. The van der Waals surface area contributed by atoms with E-state index in [0.717, 1.165) is 5.56 Å². The van der Waals surface area contributed by atoms with Crippen molar-refractivity contribution in [2.45, 2.75) is 6.10 Å². The van der Waals surface area contributed by atoms with Gasteiger partial charge < -0.3 is 24.1 Å². The molecule has 2 rings (SSSR count). The topological polar surface area (TPSA) is 57.2 Å².